The van der Waals surface area contributed by atoms with E-state index in [1.54, 1.807) is 6.33 Å². The molecule has 3 aliphatic rings. The maximum absolute atomic E-state index is 9.76. The standard InChI is InChI=1S/C24H27N7O/c1-17-12-29(7-8-30(17)20-13-32-14-20)22-10-23(27-16-26-22)31-21-9-19(4-3-18(21)11-28-31)24(15-25)5-2-6-24/h3-4,9-11,16-17,20H,2,5-8,12-14H2,1H3/t17-/m0/s1. The maximum atomic E-state index is 9.76. The van der Waals surface area contributed by atoms with Crippen molar-refractivity contribution in [1.29, 1.82) is 5.26 Å². The lowest BCUT2D eigenvalue weighted by molar-refractivity contribution is -0.0793. The van der Waals surface area contributed by atoms with Crippen molar-refractivity contribution >= 4 is 16.7 Å². The van der Waals surface area contributed by atoms with E-state index in [2.05, 4.69) is 56.1 Å². The summed E-state index contributed by atoms with van der Waals surface area (Å²) < 4.78 is 7.26. The van der Waals surface area contributed by atoms with Crippen molar-refractivity contribution in [2.75, 3.05) is 37.7 Å². The van der Waals surface area contributed by atoms with E-state index in [4.69, 9.17) is 4.74 Å². The van der Waals surface area contributed by atoms with Gasteiger partial charge in [0.15, 0.2) is 5.82 Å². The molecule has 1 aromatic carbocycles. The highest BCUT2D eigenvalue weighted by atomic mass is 16.5. The van der Waals surface area contributed by atoms with Gasteiger partial charge in [0.05, 0.1) is 42.5 Å². The minimum Gasteiger partial charge on any atom is -0.378 e. The molecule has 32 heavy (non-hydrogen) atoms. The fourth-order valence-electron chi connectivity index (χ4n) is 5.26. The molecule has 2 aliphatic heterocycles. The summed E-state index contributed by atoms with van der Waals surface area (Å²) in [5.74, 6) is 1.68. The van der Waals surface area contributed by atoms with Crippen molar-refractivity contribution in [2.24, 2.45) is 0 Å². The molecule has 3 fully saturated rings. The van der Waals surface area contributed by atoms with Crippen molar-refractivity contribution < 1.29 is 4.74 Å². The van der Waals surface area contributed by atoms with Crippen LogP contribution in [0.3, 0.4) is 0 Å². The van der Waals surface area contributed by atoms with Crippen LogP contribution in [0.5, 0.6) is 0 Å². The van der Waals surface area contributed by atoms with E-state index in [-0.39, 0.29) is 5.41 Å². The molecule has 4 heterocycles. The molecule has 1 aliphatic carbocycles. The van der Waals surface area contributed by atoms with Crippen LogP contribution < -0.4 is 4.90 Å². The molecule has 3 aromatic rings. The van der Waals surface area contributed by atoms with Gasteiger partial charge in [-0.2, -0.15) is 10.4 Å². The highest BCUT2D eigenvalue weighted by Gasteiger charge is 2.39. The summed E-state index contributed by atoms with van der Waals surface area (Å²) in [5.41, 5.74) is 1.72. The Morgan fingerprint density at radius 1 is 1.12 bits per heavy atom. The Hall–Kier alpha value is -3.02. The first-order valence-corrected chi connectivity index (χ1v) is 11.5. The molecule has 0 radical (unpaired) electrons. The summed E-state index contributed by atoms with van der Waals surface area (Å²) in [5, 5.41) is 15.4. The number of hydrogen-bond acceptors (Lipinski definition) is 7. The second kappa shape index (κ2) is 7.54. The Bertz CT molecular complexity index is 1190. The molecule has 0 unspecified atom stereocenters. The molecule has 8 heteroatoms. The number of nitriles is 1. The van der Waals surface area contributed by atoms with Gasteiger partial charge in [-0.25, -0.2) is 14.6 Å². The lowest BCUT2D eigenvalue weighted by atomic mass is 9.65. The first kappa shape index (κ1) is 19.6. The number of fused-ring (bicyclic) bond motifs is 1. The SMILES string of the molecule is C[C@H]1CN(c2cc(-n3ncc4ccc(C5(C#N)CCC5)cc43)ncn2)CCN1C1COC1. The number of nitrogens with zero attached hydrogens (tertiary/aromatic N) is 7. The Morgan fingerprint density at radius 2 is 1.97 bits per heavy atom. The fourth-order valence-corrected chi connectivity index (χ4v) is 5.26. The predicted molar refractivity (Wildman–Crippen MR) is 121 cm³/mol. The molecular formula is C24H27N7O. The first-order valence-electron chi connectivity index (χ1n) is 11.5. The molecular weight excluding hydrogens is 402 g/mol. The van der Waals surface area contributed by atoms with E-state index >= 15 is 0 Å². The summed E-state index contributed by atoms with van der Waals surface area (Å²) in [6, 6.07) is 11.9. The highest BCUT2D eigenvalue weighted by molar-refractivity contribution is 5.81. The van der Waals surface area contributed by atoms with Crippen LogP contribution in [0.4, 0.5) is 5.82 Å². The second-order valence-electron chi connectivity index (χ2n) is 9.34. The average molecular weight is 430 g/mol. The molecule has 0 amide bonds. The number of anilines is 1. The van der Waals surface area contributed by atoms with Crippen LogP contribution in [0.15, 0.2) is 36.8 Å². The Kier molecular flexibility index (Phi) is 4.63. The van der Waals surface area contributed by atoms with E-state index in [1.165, 1.54) is 0 Å². The third-order valence-electron chi connectivity index (χ3n) is 7.49. The summed E-state index contributed by atoms with van der Waals surface area (Å²) in [6.07, 6.45) is 6.46. The number of hydrogen-bond donors (Lipinski definition) is 0. The van der Waals surface area contributed by atoms with Gasteiger partial charge in [-0.3, -0.25) is 4.90 Å². The molecule has 8 nitrogen and oxygen atoms in total. The topological polar surface area (TPSA) is 83.1 Å². The molecule has 1 saturated carbocycles. The molecule has 6 rings (SSSR count). The Morgan fingerprint density at radius 3 is 2.66 bits per heavy atom. The number of benzene rings is 1. The van der Waals surface area contributed by atoms with Gasteiger partial charge in [0, 0.05) is 37.1 Å². The zero-order chi connectivity index (χ0) is 21.7. The quantitative estimate of drug-likeness (QED) is 0.630. The van der Waals surface area contributed by atoms with Crippen LogP contribution >= 0.6 is 0 Å². The molecule has 164 valence electrons. The van der Waals surface area contributed by atoms with Gasteiger partial charge in [0.25, 0.3) is 0 Å². The molecule has 0 spiro atoms. The summed E-state index contributed by atoms with van der Waals surface area (Å²) in [4.78, 5) is 14.0. The van der Waals surface area contributed by atoms with Crippen molar-refractivity contribution in [1.82, 2.24) is 24.6 Å². The van der Waals surface area contributed by atoms with Crippen LogP contribution in [-0.2, 0) is 10.2 Å². The van der Waals surface area contributed by atoms with Crippen LogP contribution in [0.2, 0.25) is 0 Å². The van der Waals surface area contributed by atoms with E-state index in [0.717, 1.165) is 80.2 Å². The fraction of sp³-hybridized carbons (Fsp3) is 0.500. The van der Waals surface area contributed by atoms with Gasteiger partial charge < -0.3 is 9.64 Å². The normalized spacial score (nSPS) is 23.5. The van der Waals surface area contributed by atoms with Crippen molar-refractivity contribution in [3.63, 3.8) is 0 Å². The molecule has 2 saturated heterocycles. The van der Waals surface area contributed by atoms with Crippen molar-refractivity contribution in [3.05, 3.63) is 42.4 Å². The van der Waals surface area contributed by atoms with Gasteiger partial charge >= 0.3 is 0 Å². The monoisotopic (exact) mass is 429 g/mol. The molecule has 0 N–H and O–H groups in total. The molecule has 0 bridgehead atoms. The number of piperazine rings is 1. The Labute approximate surface area is 187 Å². The zero-order valence-electron chi connectivity index (χ0n) is 18.3. The van der Waals surface area contributed by atoms with E-state index in [0.29, 0.717) is 12.1 Å². The van der Waals surface area contributed by atoms with Crippen LogP contribution in [0.25, 0.3) is 16.7 Å². The van der Waals surface area contributed by atoms with Gasteiger partial charge in [-0.1, -0.05) is 12.1 Å². The Balaban J connectivity index is 1.29. The van der Waals surface area contributed by atoms with E-state index in [1.807, 2.05) is 16.9 Å². The summed E-state index contributed by atoms with van der Waals surface area (Å²) >= 11 is 0. The maximum Gasteiger partial charge on any atom is 0.159 e. The molecule has 1 atom stereocenters. The largest absolute Gasteiger partial charge is 0.378 e. The average Bonchev–Trinajstić information content (AvgIpc) is 3.17. The second-order valence-corrected chi connectivity index (χ2v) is 9.34. The van der Waals surface area contributed by atoms with Gasteiger partial charge in [-0.15, -0.1) is 0 Å². The number of rotatable bonds is 4. The predicted octanol–water partition coefficient (Wildman–Crippen LogP) is 2.67. The van der Waals surface area contributed by atoms with E-state index < -0.39 is 0 Å². The first-order chi connectivity index (χ1) is 15.7. The smallest absolute Gasteiger partial charge is 0.159 e. The third kappa shape index (κ3) is 3.07. The summed E-state index contributed by atoms with van der Waals surface area (Å²) in [6.45, 7) is 6.86. The van der Waals surface area contributed by atoms with E-state index in [9.17, 15) is 5.26 Å². The van der Waals surface area contributed by atoms with Gasteiger partial charge in [-0.05, 0) is 37.8 Å². The third-order valence-corrected chi connectivity index (χ3v) is 7.49. The van der Waals surface area contributed by atoms with Gasteiger partial charge in [0.2, 0.25) is 0 Å². The number of aromatic nitrogens is 4. The zero-order valence-corrected chi connectivity index (χ0v) is 18.3. The number of ether oxygens (including phenoxy) is 1. The lowest BCUT2D eigenvalue weighted by Crippen LogP contribution is -2.60. The van der Waals surface area contributed by atoms with Gasteiger partial charge in [0.1, 0.15) is 12.1 Å². The van der Waals surface area contributed by atoms with Crippen LogP contribution in [0, 0.1) is 11.3 Å². The highest BCUT2D eigenvalue weighted by Crippen LogP contribution is 2.43. The van der Waals surface area contributed by atoms with Crippen molar-refractivity contribution in [3.8, 4) is 11.9 Å². The van der Waals surface area contributed by atoms with Crippen molar-refractivity contribution in [2.45, 2.75) is 43.7 Å². The van der Waals surface area contributed by atoms with Crippen LogP contribution in [-0.4, -0.2) is 69.6 Å². The molecule has 2 aromatic heterocycles. The summed E-state index contributed by atoms with van der Waals surface area (Å²) in [7, 11) is 0. The minimum absolute atomic E-state index is 0.346. The van der Waals surface area contributed by atoms with Crippen LogP contribution in [0.1, 0.15) is 31.7 Å². The lowest BCUT2D eigenvalue weighted by Gasteiger charge is -2.46. The minimum atomic E-state index is -0.346.